The first kappa shape index (κ1) is 26.7. The van der Waals surface area contributed by atoms with E-state index in [1.54, 1.807) is 4.57 Å². The van der Waals surface area contributed by atoms with Crippen LogP contribution >= 0.6 is 15.9 Å². The fourth-order valence-electron chi connectivity index (χ4n) is 5.19. The van der Waals surface area contributed by atoms with Crippen molar-refractivity contribution in [2.45, 2.75) is 13.5 Å². The number of primary amides is 1. The van der Waals surface area contributed by atoms with Gasteiger partial charge >= 0.3 is 0 Å². The zero-order chi connectivity index (χ0) is 28.5. The highest BCUT2D eigenvalue weighted by Crippen LogP contribution is 2.26. The molecule has 1 aliphatic rings. The zero-order valence-corrected chi connectivity index (χ0v) is 24.1. The lowest BCUT2D eigenvalue weighted by atomic mass is 10.2. The van der Waals surface area contributed by atoms with Crippen LogP contribution in [-0.4, -0.2) is 62.4 Å². The fraction of sp³-hybridized carbons (Fsp3) is 0.200. The number of benzene rings is 3. The second-order valence-corrected chi connectivity index (χ2v) is 11.0. The first-order valence-corrected chi connectivity index (χ1v) is 14.1. The first-order chi connectivity index (χ1) is 19.9. The Hall–Kier alpha value is -4.48. The van der Waals surface area contributed by atoms with Crippen LogP contribution in [0.15, 0.2) is 77.5 Å². The normalized spacial score (nSPS) is 14.0. The largest absolute Gasteiger partial charge is 0.369 e. The van der Waals surface area contributed by atoms with Crippen molar-refractivity contribution in [2.75, 3.05) is 36.4 Å². The lowest BCUT2D eigenvalue weighted by Crippen LogP contribution is -2.45. The van der Waals surface area contributed by atoms with Crippen LogP contribution in [-0.2, 0) is 6.54 Å². The van der Waals surface area contributed by atoms with Crippen molar-refractivity contribution in [3.05, 3.63) is 100 Å². The van der Waals surface area contributed by atoms with Gasteiger partial charge in [-0.3, -0.25) is 24.4 Å². The molecule has 2 aromatic heterocycles. The quantitative estimate of drug-likeness (QED) is 0.249. The number of carbonyl (C=O) groups is 2. The van der Waals surface area contributed by atoms with Crippen molar-refractivity contribution in [1.29, 1.82) is 0 Å². The molecule has 0 spiro atoms. The van der Waals surface area contributed by atoms with Gasteiger partial charge in [0.1, 0.15) is 12.0 Å². The average Bonchev–Trinajstić information content (AvgIpc) is 3.59. The minimum Gasteiger partial charge on any atom is -0.369 e. The Labute approximate surface area is 245 Å². The lowest BCUT2D eigenvalue weighted by Gasteiger charge is -2.36. The van der Waals surface area contributed by atoms with Crippen molar-refractivity contribution in [3.8, 4) is 5.69 Å². The van der Waals surface area contributed by atoms with Gasteiger partial charge in [0.05, 0.1) is 16.7 Å². The average molecular weight is 614 g/mol. The number of aromatic amines is 1. The highest BCUT2D eigenvalue weighted by Gasteiger charge is 2.25. The number of halogens is 1. The third-order valence-corrected chi connectivity index (χ3v) is 7.82. The molecule has 1 saturated heterocycles. The van der Waals surface area contributed by atoms with Gasteiger partial charge in [0.15, 0.2) is 5.69 Å². The van der Waals surface area contributed by atoms with E-state index >= 15 is 0 Å². The van der Waals surface area contributed by atoms with E-state index in [4.69, 9.17) is 5.73 Å². The van der Waals surface area contributed by atoms with Crippen LogP contribution in [0.3, 0.4) is 0 Å². The summed E-state index contributed by atoms with van der Waals surface area (Å²) in [4.78, 5) is 42.4. The Morgan fingerprint density at radius 2 is 1.80 bits per heavy atom. The van der Waals surface area contributed by atoms with Crippen molar-refractivity contribution < 1.29 is 9.59 Å². The number of aromatic nitrogens is 4. The summed E-state index contributed by atoms with van der Waals surface area (Å²) in [6, 6.07) is 22.2. The number of amides is 2. The molecular formula is C30H29BrN8O2. The van der Waals surface area contributed by atoms with Crippen molar-refractivity contribution in [1.82, 2.24) is 24.4 Å². The Kier molecular flexibility index (Phi) is 7.29. The van der Waals surface area contributed by atoms with Gasteiger partial charge in [-0.05, 0) is 48.4 Å². The zero-order valence-electron chi connectivity index (χ0n) is 22.5. The Balaban J connectivity index is 1.19. The number of carbonyl (C=O) groups excluding carboxylic acids is 2. The summed E-state index contributed by atoms with van der Waals surface area (Å²) in [5.41, 5.74) is 11.0. The van der Waals surface area contributed by atoms with Gasteiger partial charge in [0, 0.05) is 42.9 Å². The molecule has 0 radical (unpaired) electrons. The molecule has 0 saturated carbocycles. The smallest absolute Gasteiger partial charge is 0.277 e. The summed E-state index contributed by atoms with van der Waals surface area (Å²) >= 11 is 3.47. The minimum absolute atomic E-state index is 0.0354. The number of hydrogen-bond donors (Lipinski definition) is 3. The second kappa shape index (κ2) is 11.2. The summed E-state index contributed by atoms with van der Waals surface area (Å²) in [5.74, 6) is -1.08. The van der Waals surface area contributed by atoms with E-state index < -0.39 is 11.8 Å². The molecule has 0 unspecified atom stereocenters. The summed E-state index contributed by atoms with van der Waals surface area (Å²) in [5, 5.41) is 2.80. The number of rotatable bonds is 7. The maximum Gasteiger partial charge on any atom is 0.277 e. The van der Waals surface area contributed by atoms with Gasteiger partial charge in [-0.15, -0.1) is 0 Å². The first-order valence-electron chi connectivity index (χ1n) is 13.3. The van der Waals surface area contributed by atoms with E-state index in [0.29, 0.717) is 5.69 Å². The number of fused-ring (bicyclic) bond motifs is 1. The molecule has 1 fully saturated rings. The molecule has 1 aliphatic heterocycles. The lowest BCUT2D eigenvalue weighted by molar-refractivity contribution is 0.0970. The van der Waals surface area contributed by atoms with E-state index in [0.717, 1.165) is 59.5 Å². The van der Waals surface area contributed by atoms with Gasteiger partial charge in [-0.25, -0.2) is 9.97 Å². The second-order valence-electron chi connectivity index (χ2n) is 10.1. The Morgan fingerprint density at radius 1 is 1.02 bits per heavy atom. The van der Waals surface area contributed by atoms with Gasteiger partial charge in [-0.2, -0.15) is 0 Å². The molecule has 4 N–H and O–H groups in total. The van der Waals surface area contributed by atoms with Crippen LogP contribution < -0.4 is 16.0 Å². The number of anilines is 2. The van der Waals surface area contributed by atoms with Gasteiger partial charge < -0.3 is 15.6 Å². The molecule has 2 amide bonds. The van der Waals surface area contributed by atoms with Crippen LogP contribution in [0, 0.1) is 6.92 Å². The molecule has 5 aromatic rings. The summed E-state index contributed by atoms with van der Waals surface area (Å²) in [6.45, 7) is 6.65. The molecular weight excluding hydrogens is 584 g/mol. The number of hydrogen-bond acceptors (Lipinski definition) is 6. The molecule has 41 heavy (non-hydrogen) atoms. The van der Waals surface area contributed by atoms with Gasteiger partial charge in [0.2, 0.25) is 5.95 Å². The summed E-state index contributed by atoms with van der Waals surface area (Å²) in [7, 11) is 0. The maximum atomic E-state index is 13.5. The van der Waals surface area contributed by atoms with E-state index in [2.05, 4.69) is 76.3 Å². The predicted molar refractivity (Wildman–Crippen MR) is 162 cm³/mol. The standard InChI is InChI=1S/C30H29BrN8O2/c1-19-7-8-21(31)15-25(19)39-18-33-26(28(32)40)27(39)29(41)36-30-34-23-10-9-22(16-24(23)35-30)38-13-11-37(12-14-38)17-20-5-3-2-4-6-20/h2-10,15-16,18H,11-14,17H2,1H3,(H2,32,40)(H2,34,35,36,41). The van der Waals surface area contributed by atoms with Crippen LogP contribution in [0.2, 0.25) is 0 Å². The molecule has 6 rings (SSSR count). The van der Waals surface area contributed by atoms with Crippen LogP contribution in [0.4, 0.5) is 11.6 Å². The van der Waals surface area contributed by atoms with E-state index in [-0.39, 0.29) is 17.3 Å². The summed E-state index contributed by atoms with van der Waals surface area (Å²) in [6.07, 6.45) is 1.42. The molecule has 0 bridgehead atoms. The molecule has 11 heteroatoms. The summed E-state index contributed by atoms with van der Waals surface area (Å²) < 4.78 is 2.39. The topological polar surface area (TPSA) is 125 Å². The van der Waals surface area contributed by atoms with Crippen LogP contribution in [0.1, 0.15) is 32.1 Å². The number of aryl methyl sites for hydroxylation is 1. The van der Waals surface area contributed by atoms with E-state index in [1.807, 2.05) is 43.3 Å². The number of nitrogens with zero attached hydrogens (tertiary/aromatic N) is 5. The third-order valence-electron chi connectivity index (χ3n) is 7.33. The Morgan fingerprint density at radius 3 is 2.56 bits per heavy atom. The number of imidazole rings is 2. The maximum absolute atomic E-state index is 13.5. The molecule has 3 aromatic carbocycles. The van der Waals surface area contributed by atoms with Crippen LogP contribution in [0.5, 0.6) is 0 Å². The molecule has 208 valence electrons. The van der Waals surface area contributed by atoms with Crippen molar-refractivity contribution >= 4 is 50.4 Å². The van der Waals surface area contributed by atoms with E-state index in [9.17, 15) is 9.59 Å². The monoisotopic (exact) mass is 612 g/mol. The minimum atomic E-state index is -0.792. The van der Waals surface area contributed by atoms with Gasteiger partial charge in [-0.1, -0.05) is 52.3 Å². The SMILES string of the molecule is Cc1ccc(Br)cc1-n1cnc(C(N)=O)c1C(=O)Nc1nc2cc(N3CCN(Cc4ccccc4)CC3)ccc2[nH]1. The fourth-order valence-corrected chi connectivity index (χ4v) is 5.54. The number of H-pyrrole nitrogens is 1. The number of piperazine rings is 1. The van der Waals surface area contributed by atoms with Crippen molar-refractivity contribution in [2.24, 2.45) is 5.73 Å². The van der Waals surface area contributed by atoms with Crippen LogP contribution in [0.25, 0.3) is 16.7 Å². The van der Waals surface area contributed by atoms with Crippen molar-refractivity contribution in [3.63, 3.8) is 0 Å². The predicted octanol–water partition coefficient (Wildman–Crippen LogP) is 4.49. The number of nitrogens with two attached hydrogens (primary N) is 1. The molecule has 3 heterocycles. The molecule has 0 aliphatic carbocycles. The van der Waals surface area contributed by atoms with Gasteiger partial charge in [0.25, 0.3) is 11.8 Å². The third kappa shape index (κ3) is 5.59. The highest BCUT2D eigenvalue weighted by atomic mass is 79.9. The van der Waals surface area contributed by atoms with E-state index in [1.165, 1.54) is 11.9 Å². The molecule has 10 nitrogen and oxygen atoms in total. The molecule has 0 atom stereocenters. The number of nitrogens with one attached hydrogen (secondary N) is 2. The Bertz CT molecular complexity index is 1740. The highest BCUT2D eigenvalue weighted by molar-refractivity contribution is 9.10.